The fourth-order valence-corrected chi connectivity index (χ4v) is 1.83. The summed E-state index contributed by atoms with van der Waals surface area (Å²) in [5, 5.41) is 4.27. The number of halogens is 1. The maximum absolute atomic E-state index is 13.5. The lowest BCUT2D eigenvalue weighted by Crippen LogP contribution is -1.95. The first-order valence-corrected chi connectivity index (χ1v) is 5.56. The number of hydrogen-bond donors (Lipinski definition) is 1. The Morgan fingerprint density at radius 1 is 1.22 bits per heavy atom. The van der Waals surface area contributed by atoms with Crippen LogP contribution in [0.2, 0.25) is 0 Å². The van der Waals surface area contributed by atoms with Crippen molar-refractivity contribution in [3.8, 4) is 0 Å². The summed E-state index contributed by atoms with van der Waals surface area (Å²) in [7, 11) is 0. The van der Waals surface area contributed by atoms with Crippen LogP contribution in [0, 0.1) is 5.82 Å². The van der Waals surface area contributed by atoms with Crippen LogP contribution in [-0.4, -0.2) is 14.6 Å². The number of anilines is 1. The largest absolute Gasteiger partial charge is 0.399 e. The maximum atomic E-state index is 13.5. The molecule has 0 saturated carbocycles. The van der Waals surface area contributed by atoms with Gasteiger partial charge in [0, 0.05) is 24.4 Å². The van der Waals surface area contributed by atoms with Crippen molar-refractivity contribution in [1.29, 1.82) is 0 Å². The number of rotatable bonds is 2. The van der Waals surface area contributed by atoms with Crippen molar-refractivity contribution < 1.29 is 4.39 Å². The van der Waals surface area contributed by atoms with E-state index in [4.69, 9.17) is 5.73 Å². The second-order valence-electron chi connectivity index (χ2n) is 4.06. The van der Waals surface area contributed by atoms with Crippen molar-refractivity contribution in [2.75, 3.05) is 5.73 Å². The van der Waals surface area contributed by atoms with Crippen LogP contribution >= 0.6 is 0 Å². The molecule has 0 aliphatic rings. The van der Waals surface area contributed by atoms with E-state index in [9.17, 15) is 4.39 Å². The molecule has 0 aliphatic heterocycles. The third kappa shape index (κ3) is 1.90. The van der Waals surface area contributed by atoms with Gasteiger partial charge in [-0.25, -0.2) is 13.9 Å². The van der Waals surface area contributed by atoms with E-state index < -0.39 is 0 Å². The lowest BCUT2D eigenvalue weighted by Gasteiger charge is -1.97. The van der Waals surface area contributed by atoms with E-state index in [1.807, 2.05) is 0 Å². The number of aromatic nitrogens is 3. The summed E-state index contributed by atoms with van der Waals surface area (Å²) in [4.78, 5) is 4.32. The molecule has 3 rings (SSSR count). The number of pyridine rings is 1. The molecule has 18 heavy (non-hydrogen) atoms. The van der Waals surface area contributed by atoms with E-state index in [-0.39, 0.29) is 5.82 Å². The minimum Gasteiger partial charge on any atom is -0.399 e. The van der Waals surface area contributed by atoms with Gasteiger partial charge in [0.15, 0.2) is 11.5 Å². The number of benzene rings is 1. The third-order valence-corrected chi connectivity index (χ3v) is 2.71. The van der Waals surface area contributed by atoms with Gasteiger partial charge in [-0.05, 0) is 17.7 Å². The highest BCUT2D eigenvalue weighted by atomic mass is 19.1. The van der Waals surface area contributed by atoms with Crippen molar-refractivity contribution >= 4 is 11.3 Å². The van der Waals surface area contributed by atoms with Gasteiger partial charge < -0.3 is 5.73 Å². The molecule has 5 heteroatoms. The molecule has 2 aromatic heterocycles. The Labute approximate surface area is 103 Å². The first-order chi connectivity index (χ1) is 8.72. The third-order valence-electron chi connectivity index (χ3n) is 2.71. The van der Waals surface area contributed by atoms with E-state index in [1.54, 1.807) is 41.0 Å². The Balaban J connectivity index is 1.98. The summed E-state index contributed by atoms with van der Waals surface area (Å²) in [5.41, 5.74) is 7.55. The standard InChI is InChI=1S/C13H11FN4/c14-11-4-2-1-3-9(11)7-12-16-13-8-10(15)5-6-18(13)17-12/h1-6,8H,7,15H2. The molecule has 0 amide bonds. The van der Waals surface area contributed by atoms with Crippen molar-refractivity contribution in [2.24, 2.45) is 0 Å². The van der Waals surface area contributed by atoms with Crippen molar-refractivity contribution in [3.05, 3.63) is 59.8 Å². The summed E-state index contributed by atoms with van der Waals surface area (Å²) in [6, 6.07) is 10.1. The quantitative estimate of drug-likeness (QED) is 0.748. The minimum atomic E-state index is -0.240. The molecule has 2 heterocycles. The molecular formula is C13H11FN4. The van der Waals surface area contributed by atoms with E-state index in [0.717, 1.165) is 0 Å². The SMILES string of the molecule is Nc1ccn2nc(Cc3ccccc3F)nc2c1. The summed E-state index contributed by atoms with van der Waals surface area (Å²) in [6.45, 7) is 0. The minimum absolute atomic E-state index is 0.240. The van der Waals surface area contributed by atoms with Crippen molar-refractivity contribution in [2.45, 2.75) is 6.42 Å². The van der Waals surface area contributed by atoms with Gasteiger partial charge >= 0.3 is 0 Å². The molecule has 0 atom stereocenters. The van der Waals surface area contributed by atoms with Gasteiger partial charge in [-0.15, -0.1) is 0 Å². The fraction of sp³-hybridized carbons (Fsp3) is 0.0769. The normalized spacial score (nSPS) is 10.9. The molecule has 0 unspecified atom stereocenters. The number of nitrogens with two attached hydrogens (primary N) is 1. The highest BCUT2D eigenvalue weighted by molar-refractivity contribution is 5.50. The predicted octanol–water partition coefficient (Wildman–Crippen LogP) is 2.04. The monoisotopic (exact) mass is 242 g/mol. The molecular weight excluding hydrogens is 231 g/mol. The molecule has 0 radical (unpaired) electrons. The molecule has 0 bridgehead atoms. The number of fused-ring (bicyclic) bond motifs is 1. The van der Waals surface area contributed by atoms with Crippen LogP contribution in [0.3, 0.4) is 0 Å². The van der Waals surface area contributed by atoms with E-state index >= 15 is 0 Å². The van der Waals surface area contributed by atoms with Gasteiger partial charge in [0.2, 0.25) is 0 Å². The van der Waals surface area contributed by atoms with Crippen molar-refractivity contribution in [3.63, 3.8) is 0 Å². The molecule has 3 aromatic rings. The van der Waals surface area contributed by atoms with Crippen LogP contribution in [0.4, 0.5) is 10.1 Å². The molecule has 90 valence electrons. The molecule has 0 fully saturated rings. The number of hydrogen-bond acceptors (Lipinski definition) is 3. The zero-order valence-electron chi connectivity index (χ0n) is 9.55. The second-order valence-corrected chi connectivity index (χ2v) is 4.06. The Bertz CT molecular complexity index is 705. The Morgan fingerprint density at radius 2 is 2.06 bits per heavy atom. The van der Waals surface area contributed by atoms with E-state index in [1.165, 1.54) is 6.07 Å². The van der Waals surface area contributed by atoms with E-state index in [2.05, 4.69) is 10.1 Å². The van der Waals surface area contributed by atoms with Gasteiger partial charge in [-0.1, -0.05) is 18.2 Å². The van der Waals surface area contributed by atoms with Gasteiger partial charge in [-0.3, -0.25) is 0 Å². The highest BCUT2D eigenvalue weighted by Gasteiger charge is 2.07. The average molecular weight is 242 g/mol. The number of nitrogen functional groups attached to an aromatic ring is 1. The van der Waals surface area contributed by atoms with Crippen LogP contribution in [0.25, 0.3) is 5.65 Å². The van der Waals surface area contributed by atoms with Crippen LogP contribution < -0.4 is 5.73 Å². The van der Waals surface area contributed by atoms with Crippen LogP contribution in [-0.2, 0) is 6.42 Å². The smallest absolute Gasteiger partial charge is 0.157 e. The van der Waals surface area contributed by atoms with Gasteiger partial charge in [0.25, 0.3) is 0 Å². The van der Waals surface area contributed by atoms with Crippen molar-refractivity contribution in [1.82, 2.24) is 14.6 Å². The highest BCUT2D eigenvalue weighted by Crippen LogP contribution is 2.12. The summed E-state index contributed by atoms with van der Waals surface area (Å²) < 4.78 is 15.1. The van der Waals surface area contributed by atoms with E-state index in [0.29, 0.717) is 29.1 Å². The van der Waals surface area contributed by atoms with Gasteiger partial charge in [0.1, 0.15) is 5.82 Å². The lowest BCUT2D eigenvalue weighted by molar-refractivity contribution is 0.612. The Hall–Kier alpha value is -2.43. The molecule has 0 spiro atoms. The maximum Gasteiger partial charge on any atom is 0.157 e. The van der Waals surface area contributed by atoms with Crippen LogP contribution in [0.1, 0.15) is 11.4 Å². The van der Waals surface area contributed by atoms with Gasteiger partial charge in [0.05, 0.1) is 0 Å². The number of nitrogens with zero attached hydrogens (tertiary/aromatic N) is 3. The predicted molar refractivity (Wildman–Crippen MR) is 66.6 cm³/mol. The summed E-state index contributed by atoms with van der Waals surface area (Å²) >= 11 is 0. The molecule has 1 aromatic carbocycles. The molecule has 2 N–H and O–H groups in total. The first kappa shape index (κ1) is 10.7. The van der Waals surface area contributed by atoms with Gasteiger partial charge in [-0.2, -0.15) is 5.10 Å². The zero-order chi connectivity index (χ0) is 12.5. The van der Waals surface area contributed by atoms with Crippen LogP contribution in [0.5, 0.6) is 0 Å². The topological polar surface area (TPSA) is 56.2 Å². The zero-order valence-corrected chi connectivity index (χ0v) is 9.55. The fourth-order valence-electron chi connectivity index (χ4n) is 1.83. The molecule has 0 aliphatic carbocycles. The van der Waals surface area contributed by atoms with Crippen LogP contribution in [0.15, 0.2) is 42.6 Å². The average Bonchev–Trinajstić information content (AvgIpc) is 2.73. The molecule has 4 nitrogen and oxygen atoms in total. The second kappa shape index (κ2) is 4.10. The lowest BCUT2D eigenvalue weighted by atomic mass is 10.1. The Morgan fingerprint density at radius 3 is 2.89 bits per heavy atom. The first-order valence-electron chi connectivity index (χ1n) is 5.56. The molecule has 0 saturated heterocycles. The Kier molecular flexibility index (Phi) is 2.44. The summed E-state index contributed by atoms with van der Waals surface area (Å²) in [5.74, 6) is 0.335. The summed E-state index contributed by atoms with van der Waals surface area (Å²) in [6.07, 6.45) is 2.11.